The molecule has 11 heteroatoms. The second-order valence-electron chi connectivity index (χ2n) is 6.62. The normalized spacial score (nSPS) is 11.6. The van der Waals surface area contributed by atoms with Gasteiger partial charge in [0.1, 0.15) is 4.83 Å². The predicted octanol–water partition coefficient (Wildman–Crippen LogP) is 1.77. The Balaban J connectivity index is 0.000000510. The molecule has 0 amide bonds. The van der Waals surface area contributed by atoms with Crippen LogP contribution in [0.2, 0.25) is 0 Å². The van der Waals surface area contributed by atoms with Gasteiger partial charge in [0.15, 0.2) is 6.04 Å². The van der Waals surface area contributed by atoms with Gasteiger partial charge in [0.2, 0.25) is 5.56 Å². The van der Waals surface area contributed by atoms with Crippen LogP contribution in [-0.4, -0.2) is 68.0 Å². The van der Waals surface area contributed by atoms with E-state index in [-0.39, 0.29) is 28.5 Å². The van der Waals surface area contributed by atoms with Gasteiger partial charge in [-0.05, 0) is 37.1 Å². The lowest BCUT2D eigenvalue weighted by atomic mass is 10.2. The van der Waals surface area contributed by atoms with Gasteiger partial charge in [0.05, 0.1) is 27.4 Å². The van der Waals surface area contributed by atoms with Crippen LogP contribution in [0.15, 0.2) is 46.2 Å². The summed E-state index contributed by atoms with van der Waals surface area (Å²) in [5.41, 5.74) is 1.56. The van der Waals surface area contributed by atoms with Crippen LogP contribution in [0.25, 0.3) is 0 Å². The third-order valence-electron chi connectivity index (χ3n) is 3.94. The maximum absolute atomic E-state index is 11.7. The second kappa shape index (κ2) is 16.8. The third-order valence-corrected chi connectivity index (χ3v) is 4.58. The average molecular weight is 531 g/mol. The Morgan fingerprint density at radius 2 is 1.52 bits per heavy atom. The zero-order chi connectivity index (χ0) is 25.4. The number of halogens is 1. The van der Waals surface area contributed by atoms with Crippen LogP contribution in [0.3, 0.4) is 0 Å². The molecule has 2 atom stereocenters. The number of methoxy groups -OCH3 is 4. The number of esters is 2. The molecule has 0 aromatic carbocycles. The monoisotopic (exact) mass is 530 g/mol. The Hall–Kier alpha value is -2.76. The fraction of sp³-hybridized carbons (Fsp3) is 0.455. The number of H-pyrrole nitrogens is 1. The molecule has 0 aliphatic carbocycles. The predicted molar refractivity (Wildman–Crippen MR) is 127 cm³/mol. The number of aromatic amines is 1. The molecule has 2 aromatic heterocycles. The van der Waals surface area contributed by atoms with Crippen LogP contribution in [-0.2, 0) is 28.5 Å². The van der Waals surface area contributed by atoms with Crippen molar-refractivity contribution in [2.75, 3.05) is 41.7 Å². The molecule has 0 fully saturated rings. The fourth-order valence-electron chi connectivity index (χ4n) is 2.30. The van der Waals surface area contributed by atoms with Crippen molar-refractivity contribution in [3.05, 3.63) is 68.5 Å². The fourth-order valence-corrected chi connectivity index (χ4v) is 2.75. The van der Waals surface area contributed by atoms with Crippen molar-refractivity contribution in [1.29, 1.82) is 0 Å². The van der Waals surface area contributed by atoms with Gasteiger partial charge in [-0.3, -0.25) is 19.0 Å². The van der Waals surface area contributed by atoms with Crippen LogP contribution in [0, 0.1) is 13.8 Å². The molecule has 10 nitrogen and oxygen atoms in total. The minimum Gasteiger partial charge on any atom is -0.468 e. The number of alkyl halides is 1. The number of carbonyl (C=O) groups is 2. The van der Waals surface area contributed by atoms with Crippen LogP contribution in [0.5, 0.6) is 0 Å². The molecule has 2 heterocycles. The first-order valence-electron chi connectivity index (χ1n) is 9.72. The summed E-state index contributed by atoms with van der Waals surface area (Å²) in [4.78, 5) is 46.3. The molecule has 0 aliphatic rings. The van der Waals surface area contributed by atoms with E-state index in [0.29, 0.717) is 6.61 Å². The number of pyridine rings is 2. The van der Waals surface area contributed by atoms with E-state index in [4.69, 9.17) is 4.74 Å². The molecule has 33 heavy (non-hydrogen) atoms. The number of carbonyl (C=O) groups excluding carboxylic acids is 2. The van der Waals surface area contributed by atoms with Gasteiger partial charge in [-0.1, -0.05) is 15.9 Å². The summed E-state index contributed by atoms with van der Waals surface area (Å²) in [5, 5.41) is 0. The summed E-state index contributed by atoms with van der Waals surface area (Å²) in [6.45, 7) is 4.15. The Kier molecular flexibility index (Phi) is 15.4. The van der Waals surface area contributed by atoms with E-state index >= 15 is 0 Å². The number of hydrogen-bond donors (Lipinski definition) is 1. The molecular formula is C22H31BrN2O8. The Labute approximate surface area is 200 Å². The molecule has 0 radical (unpaired) electrons. The summed E-state index contributed by atoms with van der Waals surface area (Å²) in [5.74, 6) is -0.801. The van der Waals surface area contributed by atoms with Crippen LogP contribution in [0.1, 0.15) is 17.2 Å². The number of nitrogens with zero attached hydrogens (tertiary/aromatic N) is 1. The number of nitrogens with one attached hydrogen (secondary N) is 1. The zero-order valence-corrected chi connectivity index (χ0v) is 21.2. The van der Waals surface area contributed by atoms with E-state index in [1.807, 2.05) is 19.9 Å². The minimum absolute atomic E-state index is 0.0370. The first-order valence-corrected chi connectivity index (χ1v) is 10.6. The van der Waals surface area contributed by atoms with Gasteiger partial charge in [0.25, 0.3) is 5.56 Å². The molecule has 0 spiro atoms. The largest absolute Gasteiger partial charge is 0.468 e. The number of ether oxygens (including phenoxy) is 4. The minimum atomic E-state index is -0.733. The third kappa shape index (κ3) is 12.2. The van der Waals surface area contributed by atoms with Crippen molar-refractivity contribution in [1.82, 2.24) is 9.55 Å². The van der Waals surface area contributed by atoms with E-state index in [1.54, 1.807) is 24.5 Å². The number of aryl methyl sites for hydroxylation is 2. The quantitative estimate of drug-likeness (QED) is 0.423. The summed E-state index contributed by atoms with van der Waals surface area (Å²) in [6, 6.07) is 5.89. The number of hydrogen-bond acceptors (Lipinski definition) is 8. The van der Waals surface area contributed by atoms with Crippen LogP contribution in [0.4, 0.5) is 0 Å². The zero-order valence-electron chi connectivity index (χ0n) is 19.6. The van der Waals surface area contributed by atoms with Gasteiger partial charge < -0.3 is 23.9 Å². The Bertz CT molecular complexity index is 973. The highest BCUT2D eigenvalue weighted by molar-refractivity contribution is 9.10. The van der Waals surface area contributed by atoms with Crippen molar-refractivity contribution in [3.63, 3.8) is 0 Å². The maximum atomic E-state index is 11.7. The van der Waals surface area contributed by atoms with E-state index in [0.717, 1.165) is 11.1 Å². The molecule has 184 valence electrons. The molecule has 1 N–H and O–H groups in total. The van der Waals surface area contributed by atoms with Crippen molar-refractivity contribution >= 4 is 27.9 Å². The van der Waals surface area contributed by atoms with E-state index in [2.05, 4.69) is 35.1 Å². The first-order chi connectivity index (χ1) is 15.6. The van der Waals surface area contributed by atoms with Crippen molar-refractivity contribution < 1.29 is 28.5 Å². The van der Waals surface area contributed by atoms with Crippen LogP contribution >= 0.6 is 15.9 Å². The molecule has 0 saturated carbocycles. The highest BCUT2D eigenvalue weighted by Gasteiger charge is 2.21. The lowest BCUT2D eigenvalue weighted by molar-refractivity contribution is -0.146. The molecule has 0 saturated heterocycles. The molecule has 2 unspecified atom stereocenters. The van der Waals surface area contributed by atoms with E-state index in [9.17, 15) is 19.2 Å². The second-order valence-corrected chi connectivity index (χ2v) is 7.73. The van der Waals surface area contributed by atoms with Gasteiger partial charge in [0, 0.05) is 38.7 Å². The molecular weight excluding hydrogens is 500 g/mol. The Morgan fingerprint density at radius 3 is 1.94 bits per heavy atom. The average Bonchev–Trinajstić information content (AvgIpc) is 2.77. The summed E-state index contributed by atoms with van der Waals surface area (Å²) >= 11 is 3.06. The summed E-state index contributed by atoms with van der Waals surface area (Å²) in [7, 11) is 5.61. The van der Waals surface area contributed by atoms with Gasteiger partial charge in [-0.15, -0.1) is 0 Å². The molecule has 2 aromatic rings. The van der Waals surface area contributed by atoms with E-state index in [1.165, 1.54) is 39.1 Å². The molecule has 2 rings (SSSR count). The van der Waals surface area contributed by atoms with E-state index < -0.39 is 12.0 Å². The lowest BCUT2D eigenvalue weighted by Gasteiger charge is -2.16. The molecule has 0 aliphatic heterocycles. The smallest absolute Gasteiger partial charge is 0.331 e. The van der Waals surface area contributed by atoms with Crippen molar-refractivity contribution in [3.8, 4) is 0 Å². The Morgan fingerprint density at radius 1 is 0.939 bits per heavy atom. The number of aromatic nitrogens is 2. The summed E-state index contributed by atoms with van der Waals surface area (Å²) < 4.78 is 19.9. The van der Waals surface area contributed by atoms with Gasteiger partial charge in [-0.25, -0.2) is 4.79 Å². The maximum Gasteiger partial charge on any atom is 0.331 e. The van der Waals surface area contributed by atoms with Crippen molar-refractivity contribution in [2.45, 2.75) is 24.7 Å². The summed E-state index contributed by atoms with van der Waals surface area (Å²) in [6.07, 6.45) is 3.20. The van der Waals surface area contributed by atoms with Gasteiger partial charge in [-0.2, -0.15) is 0 Å². The SMILES string of the molecule is COCC(Br)C(=O)OC.COCC(C(=O)OC)n1ccc(C)cc1=O.Cc1cc[nH]c(=O)c1. The van der Waals surface area contributed by atoms with Crippen LogP contribution < -0.4 is 11.1 Å². The first kappa shape index (κ1) is 30.2. The topological polar surface area (TPSA) is 126 Å². The highest BCUT2D eigenvalue weighted by atomic mass is 79.9. The van der Waals surface area contributed by atoms with Gasteiger partial charge >= 0.3 is 11.9 Å². The standard InChI is InChI=1S/C11H15NO4.C6H7NO.C5H9BrO3/c1-8-4-5-12(10(13)6-8)9(7-15-2)11(14)16-3;1-5-2-3-7-6(8)4-5;1-8-3-4(6)5(7)9-2/h4-6,9H,7H2,1-3H3;2-4H,1H3,(H,7,8);4H,3H2,1-2H3. The van der Waals surface area contributed by atoms with Crippen molar-refractivity contribution in [2.24, 2.45) is 0 Å². The molecule has 0 bridgehead atoms. The lowest BCUT2D eigenvalue weighted by Crippen LogP contribution is -2.32. The highest BCUT2D eigenvalue weighted by Crippen LogP contribution is 2.07. The number of rotatable bonds is 7.